The predicted molar refractivity (Wildman–Crippen MR) is 74.5 cm³/mol. The number of rotatable bonds is 4. The number of hydrogen-bond acceptors (Lipinski definition) is 2. The van der Waals surface area contributed by atoms with Crippen LogP contribution in [0.25, 0.3) is 0 Å². The van der Waals surface area contributed by atoms with Gasteiger partial charge in [-0.05, 0) is 42.0 Å². The molecule has 2 nitrogen and oxygen atoms in total. The van der Waals surface area contributed by atoms with Gasteiger partial charge in [-0.25, -0.2) is 4.39 Å². The molecule has 0 atom stereocenters. The van der Waals surface area contributed by atoms with Gasteiger partial charge in [-0.3, -0.25) is 0 Å². The molecule has 2 aromatic carbocycles. The van der Waals surface area contributed by atoms with Gasteiger partial charge < -0.3 is 10.2 Å². The van der Waals surface area contributed by atoms with Crippen LogP contribution < -0.4 is 10.2 Å². The molecular weight excluding hydrogens is 227 g/mol. The summed E-state index contributed by atoms with van der Waals surface area (Å²) < 4.78 is 12.7. The van der Waals surface area contributed by atoms with Crippen molar-refractivity contribution in [1.82, 2.24) is 0 Å². The quantitative estimate of drug-likeness (QED) is 0.885. The molecule has 0 radical (unpaired) electrons. The average molecular weight is 244 g/mol. The number of nitrogens with zero attached hydrogens (tertiary/aromatic N) is 1. The summed E-state index contributed by atoms with van der Waals surface area (Å²) >= 11 is 0. The highest BCUT2D eigenvalue weighted by molar-refractivity contribution is 5.54. The fourth-order valence-corrected chi connectivity index (χ4v) is 1.68. The van der Waals surface area contributed by atoms with Crippen molar-refractivity contribution >= 4 is 11.4 Å². The minimum absolute atomic E-state index is 0.200. The van der Waals surface area contributed by atoms with Crippen LogP contribution in [0.2, 0.25) is 0 Å². The maximum absolute atomic E-state index is 12.7. The van der Waals surface area contributed by atoms with Gasteiger partial charge >= 0.3 is 0 Å². The summed E-state index contributed by atoms with van der Waals surface area (Å²) in [5.74, 6) is -0.200. The number of hydrogen-bond donors (Lipinski definition) is 1. The first-order valence-electron chi connectivity index (χ1n) is 5.91. The Hall–Kier alpha value is -2.03. The lowest BCUT2D eigenvalue weighted by molar-refractivity contribution is 0.627. The van der Waals surface area contributed by atoms with Gasteiger partial charge in [0.1, 0.15) is 5.82 Å². The fourth-order valence-electron chi connectivity index (χ4n) is 1.68. The van der Waals surface area contributed by atoms with Gasteiger partial charge in [0.05, 0.1) is 0 Å². The molecule has 0 spiro atoms. The van der Waals surface area contributed by atoms with E-state index in [9.17, 15) is 4.39 Å². The Balaban J connectivity index is 1.95. The van der Waals surface area contributed by atoms with Gasteiger partial charge in [-0.2, -0.15) is 0 Å². The number of nitrogens with one attached hydrogen (secondary N) is 1. The van der Waals surface area contributed by atoms with Crippen molar-refractivity contribution < 1.29 is 4.39 Å². The minimum atomic E-state index is -0.200. The Bertz CT molecular complexity index is 489. The molecule has 0 bridgehead atoms. The van der Waals surface area contributed by atoms with Crippen LogP contribution in [0.5, 0.6) is 0 Å². The van der Waals surface area contributed by atoms with E-state index in [1.54, 1.807) is 12.1 Å². The monoisotopic (exact) mass is 244 g/mol. The minimum Gasteiger partial charge on any atom is -0.381 e. The van der Waals surface area contributed by atoms with E-state index >= 15 is 0 Å². The standard InChI is InChI=1S/C15H17FN2/c1-18(2)15-9-7-14(8-10-15)17-11-12-3-5-13(16)6-4-12/h3-10,17H,11H2,1-2H3. The largest absolute Gasteiger partial charge is 0.381 e. The van der Waals surface area contributed by atoms with Crippen molar-refractivity contribution in [2.24, 2.45) is 0 Å². The zero-order chi connectivity index (χ0) is 13.0. The molecule has 0 aliphatic rings. The highest BCUT2D eigenvalue weighted by atomic mass is 19.1. The zero-order valence-electron chi connectivity index (χ0n) is 10.7. The first-order valence-corrected chi connectivity index (χ1v) is 5.91. The number of halogens is 1. The lowest BCUT2D eigenvalue weighted by Gasteiger charge is -2.13. The average Bonchev–Trinajstić information content (AvgIpc) is 2.38. The molecule has 0 fully saturated rings. The molecule has 0 heterocycles. The first kappa shape index (κ1) is 12.4. The van der Waals surface area contributed by atoms with E-state index in [1.807, 2.05) is 26.2 Å². The molecule has 0 aliphatic heterocycles. The summed E-state index contributed by atoms with van der Waals surface area (Å²) in [5, 5.41) is 3.31. The van der Waals surface area contributed by atoms with Crippen LogP contribution in [0.4, 0.5) is 15.8 Å². The number of anilines is 2. The van der Waals surface area contributed by atoms with Crippen molar-refractivity contribution in [3.63, 3.8) is 0 Å². The second-order valence-electron chi connectivity index (χ2n) is 4.42. The van der Waals surface area contributed by atoms with Gasteiger partial charge in [0.15, 0.2) is 0 Å². The Labute approximate surface area is 107 Å². The molecule has 0 saturated heterocycles. The Morgan fingerprint density at radius 1 is 0.944 bits per heavy atom. The molecule has 0 aliphatic carbocycles. The lowest BCUT2D eigenvalue weighted by atomic mass is 10.2. The summed E-state index contributed by atoms with van der Waals surface area (Å²) in [6, 6.07) is 14.7. The summed E-state index contributed by atoms with van der Waals surface area (Å²) in [5.41, 5.74) is 3.29. The molecule has 0 aromatic heterocycles. The van der Waals surface area contributed by atoms with Crippen LogP contribution >= 0.6 is 0 Å². The van der Waals surface area contributed by atoms with Crippen molar-refractivity contribution in [2.45, 2.75) is 6.54 Å². The van der Waals surface area contributed by atoms with Crippen molar-refractivity contribution in [3.05, 3.63) is 59.9 Å². The molecule has 18 heavy (non-hydrogen) atoms. The van der Waals surface area contributed by atoms with Gasteiger partial charge in [0, 0.05) is 32.0 Å². The van der Waals surface area contributed by atoms with E-state index < -0.39 is 0 Å². The van der Waals surface area contributed by atoms with Crippen LogP contribution in [0.3, 0.4) is 0 Å². The van der Waals surface area contributed by atoms with Gasteiger partial charge in [-0.15, -0.1) is 0 Å². The molecule has 94 valence electrons. The van der Waals surface area contributed by atoms with Crippen molar-refractivity contribution in [3.8, 4) is 0 Å². The smallest absolute Gasteiger partial charge is 0.123 e. The zero-order valence-corrected chi connectivity index (χ0v) is 10.7. The third-order valence-electron chi connectivity index (χ3n) is 2.79. The highest BCUT2D eigenvalue weighted by Crippen LogP contribution is 2.16. The van der Waals surface area contributed by atoms with Crippen molar-refractivity contribution in [1.29, 1.82) is 0 Å². The van der Waals surface area contributed by atoms with E-state index in [0.717, 1.165) is 11.3 Å². The van der Waals surface area contributed by atoms with Crippen LogP contribution in [-0.4, -0.2) is 14.1 Å². The lowest BCUT2D eigenvalue weighted by Crippen LogP contribution is -2.08. The highest BCUT2D eigenvalue weighted by Gasteiger charge is 1.97. The maximum atomic E-state index is 12.7. The molecule has 1 N–H and O–H groups in total. The third-order valence-corrected chi connectivity index (χ3v) is 2.79. The summed E-state index contributed by atoms with van der Waals surface area (Å²) in [7, 11) is 4.03. The van der Waals surface area contributed by atoms with Gasteiger partial charge in [0.2, 0.25) is 0 Å². The van der Waals surface area contributed by atoms with E-state index in [0.29, 0.717) is 6.54 Å². The summed E-state index contributed by atoms with van der Waals surface area (Å²) in [4.78, 5) is 2.06. The molecule has 2 rings (SSSR count). The third kappa shape index (κ3) is 3.23. The first-order chi connectivity index (χ1) is 8.65. The molecule has 0 amide bonds. The Kier molecular flexibility index (Phi) is 3.82. The van der Waals surface area contributed by atoms with E-state index in [-0.39, 0.29) is 5.82 Å². The van der Waals surface area contributed by atoms with Gasteiger partial charge in [-0.1, -0.05) is 12.1 Å². The van der Waals surface area contributed by atoms with Gasteiger partial charge in [0.25, 0.3) is 0 Å². The Morgan fingerprint density at radius 3 is 2.11 bits per heavy atom. The van der Waals surface area contributed by atoms with E-state index in [2.05, 4.69) is 22.3 Å². The van der Waals surface area contributed by atoms with Crippen LogP contribution in [-0.2, 0) is 6.54 Å². The normalized spacial score (nSPS) is 10.2. The van der Waals surface area contributed by atoms with Crippen LogP contribution in [0.1, 0.15) is 5.56 Å². The van der Waals surface area contributed by atoms with E-state index in [4.69, 9.17) is 0 Å². The molecule has 0 unspecified atom stereocenters. The predicted octanol–water partition coefficient (Wildman–Crippen LogP) is 3.50. The fraction of sp³-hybridized carbons (Fsp3) is 0.200. The van der Waals surface area contributed by atoms with Crippen LogP contribution in [0, 0.1) is 5.82 Å². The number of benzene rings is 2. The Morgan fingerprint density at radius 2 is 1.56 bits per heavy atom. The second-order valence-corrected chi connectivity index (χ2v) is 4.42. The summed E-state index contributed by atoms with van der Waals surface area (Å²) in [6.45, 7) is 0.696. The molecular formula is C15H17FN2. The van der Waals surface area contributed by atoms with E-state index in [1.165, 1.54) is 17.8 Å². The second kappa shape index (κ2) is 5.54. The van der Waals surface area contributed by atoms with Crippen LogP contribution in [0.15, 0.2) is 48.5 Å². The molecule has 2 aromatic rings. The molecule has 3 heteroatoms. The topological polar surface area (TPSA) is 15.3 Å². The SMILES string of the molecule is CN(C)c1ccc(NCc2ccc(F)cc2)cc1. The molecule has 0 saturated carbocycles. The summed E-state index contributed by atoms with van der Waals surface area (Å²) in [6.07, 6.45) is 0. The maximum Gasteiger partial charge on any atom is 0.123 e. The van der Waals surface area contributed by atoms with Crippen molar-refractivity contribution in [2.75, 3.05) is 24.3 Å².